The molecule has 1 rings (SSSR count). The Morgan fingerprint density at radius 3 is 2.21 bits per heavy atom. The van der Waals surface area contributed by atoms with Crippen LogP contribution in [0, 0.1) is 11.8 Å². The maximum Gasteiger partial charge on any atom is 0.323 e. The number of carboxylic acids is 1. The van der Waals surface area contributed by atoms with Gasteiger partial charge in [-0.15, -0.1) is 0 Å². The number of carboxylic acid groups (broad SMARTS) is 1. The fourth-order valence-electron chi connectivity index (χ4n) is 3.51. The summed E-state index contributed by atoms with van der Waals surface area (Å²) in [4.78, 5) is 14.0. The summed E-state index contributed by atoms with van der Waals surface area (Å²) in [6, 6.07) is 0. The highest BCUT2D eigenvalue weighted by molar-refractivity contribution is 5.79. The summed E-state index contributed by atoms with van der Waals surface area (Å²) in [5.74, 6) is 0.298. The quantitative estimate of drug-likeness (QED) is 0.744. The van der Waals surface area contributed by atoms with Crippen molar-refractivity contribution >= 4 is 5.97 Å². The highest BCUT2D eigenvalue weighted by Crippen LogP contribution is 2.36. The first-order chi connectivity index (χ1) is 8.93. The van der Waals surface area contributed by atoms with Crippen LogP contribution < -0.4 is 5.32 Å². The van der Waals surface area contributed by atoms with Gasteiger partial charge in [0, 0.05) is 13.1 Å². The van der Waals surface area contributed by atoms with Crippen molar-refractivity contribution in [3.63, 3.8) is 0 Å². The molecule has 2 N–H and O–H groups in total. The van der Waals surface area contributed by atoms with Gasteiger partial charge in [0.15, 0.2) is 0 Å². The predicted octanol–water partition coefficient (Wildman–Crippen LogP) is 2.20. The molecule has 19 heavy (non-hydrogen) atoms. The molecule has 2 atom stereocenters. The number of likely N-dealkylation sites (N-methyl/N-ethyl adjacent to an activating group) is 1. The van der Waals surface area contributed by atoms with Gasteiger partial charge in [-0.05, 0) is 44.2 Å². The number of nitrogens with one attached hydrogen (secondary N) is 1. The zero-order chi connectivity index (χ0) is 14.5. The van der Waals surface area contributed by atoms with Crippen LogP contribution in [-0.4, -0.2) is 47.7 Å². The first-order valence-electron chi connectivity index (χ1n) is 7.64. The second kappa shape index (κ2) is 7.25. The second-order valence-corrected chi connectivity index (χ2v) is 6.20. The third-order valence-corrected chi connectivity index (χ3v) is 4.39. The van der Waals surface area contributed by atoms with Gasteiger partial charge in [-0.25, -0.2) is 0 Å². The molecule has 1 fully saturated rings. The Bertz CT molecular complexity index is 280. The molecule has 0 aromatic rings. The van der Waals surface area contributed by atoms with E-state index in [0.29, 0.717) is 11.8 Å². The maximum absolute atomic E-state index is 11.7. The smallest absolute Gasteiger partial charge is 0.323 e. The summed E-state index contributed by atoms with van der Waals surface area (Å²) >= 11 is 0. The molecule has 0 aliphatic heterocycles. The Morgan fingerprint density at radius 1 is 1.26 bits per heavy atom. The minimum Gasteiger partial charge on any atom is -0.480 e. The fourth-order valence-corrected chi connectivity index (χ4v) is 3.51. The van der Waals surface area contributed by atoms with E-state index in [4.69, 9.17) is 0 Å². The fraction of sp³-hybridized carbons (Fsp3) is 0.933. The minimum absolute atomic E-state index is 0.487. The molecule has 0 bridgehead atoms. The van der Waals surface area contributed by atoms with Gasteiger partial charge >= 0.3 is 5.97 Å². The van der Waals surface area contributed by atoms with E-state index >= 15 is 0 Å². The van der Waals surface area contributed by atoms with Crippen molar-refractivity contribution in [3.05, 3.63) is 0 Å². The number of nitrogens with zero attached hydrogens (tertiary/aromatic N) is 1. The van der Waals surface area contributed by atoms with Crippen LogP contribution in [0.15, 0.2) is 0 Å². The van der Waals surface area contributed by atoms with Crippen LogP contribution in [0.4, 0.5) is 0 Å². The van der Waals surface area contributed by atoms with E-state index in [-0.39, 0.29) is 0 Å². The molecule has 2 unspecified atom stereocenters. The number of hydrogen-bond donors (Lipinski definition) is 2. The number of hydrogen-bond acceptors (Lipinski definition) is 3. The van der Waals surface area contributed by atoms with Gasteiger partial charge in [0.2, 0.25) is 0 Å². The molecule has 0 radical (unpaired) electrons. The topological polar surface area (TPSA) is 52.6 Å². The molecule has 112 valence electrons. The first kappa shape index (κ1) is 16.4. The SMILES string of the molecule is CCN(CC)CCNC1(C(=O)O)CC(C)CC(C)C1. The van der Waals surface area contributed by atoms with Crippen molar-refractivity contribution in [2.24, 2.45) is 11.8 Å². The Labute approximate surface area is 117 Å². The molecule has 0 heterocycles. The summed E-state index contributed by atoms with van der Waals surface area (Å²) in [5, 5.41) is 13.0. The molecule has 0 amide bonds. The lowest BCUT2D eigenvalue weighted by molar-refractivity contribution is -0.148. The van der Waals surface area contributed by atoms with Crippen LogP contribution in [0.5, 0.6) is 0 Å². The molecule has 4 nitrogen and oxygen atoms in total. The molecule has 1 saturated carbocycles. The highest BCUT2D eigenvalue weighted by atomic mass is 16.4. The minimum atomic E-state index is -0.704. The highest BCUT2D eigenvalue weighted by Gasteiger charge is 2.43. The van der Waals surface area contributed by atoms with E-state index in [2.05, 4.69) is 37.9 Å². The van der Waals surface area contributed by atoms with Crippen LogP contribution >= 0.6 is 0 Å². The number of carbonyl (C=O) groups is 1. The monoisotopic (exact) mass is 270 g/mol. The summed E-state index contributed by atoms with van der Waals surface area (Å²) in [6.45, 7) is 12.3. The van der Waals surface area contributed by atoms with Crippen molar-refractivity contribution in [2.45, 2.75) is 52.5 Å². The lowest BCUT2D eigenvalue weighted by Gasteiger charge is -2.40. The lowest BCUT2D eigenvalue weighted by atomic mass is 9.71. The Balaban J connectivity index is 2.59. The molecule has 0 saturated heterocycles. The first-order valence-corrected chi connectivity index (χ1v) is 7.64. The van der Waals surface area contributed by atoms with Gasteiger partial charge in [0.1, 0.15) is 5.54 Å². The summed E-state index contributed by atoms with van der Waals surface area (Å²) in [6.07, 6.45) is 2.66. The van der Waals surface area contributed by atoms with Gasteiger partial charge in [-0.3, -0.25) is 4.79 Å². The molecule has 0 spiro atoms. The average molecular weight is 270 g/mol. The largest absolute Gasteiger partial charge is 0.480 e. The number of rotatable bonds is 7. The van der Waals surface area contributed by atoms with E-state index in [1.165, 1.54) is 0 Å². The zero-order valence-electron chi connectivity index (χ0n) is 12.9. The summed E-state index contributed by atoms with van der Waals surface area (Å²) < 4.78 is 0. The van der Waals surface area contributed by atoms with Crippen molar-refractivity contribution in [1.29, 1.82) is 0 Å². The molecule has 0 aromatic heterocycles. The predicted molar refractivity (Wildman–Crippen MR) is 78.3 cm³/mol. The lowest BCUT2D eigenvalue weighted by Crippen LogP contribution is -2.57. The molecule has 0 aromatic carbocycles. The Hall–Kier alpha value is -0.610. The average Bonchev–Trinajstić information content (AvgIpc) is 2.33. The van der Waals surface area contributed by atoms with Crippen LogP contribution in [0.3, 0.4) is 0 Å². The van der Waals surface area contributed by atoms with Gasteiger partial charge in [-0.2, -0.15) is 0 Å². The van der Waals surface area contributed by atoms with E-state index in [1.807, 2.05) is 0 Å². The van der Waals surface area contributed by atoms with Crippen LogP contribution in [0.2, 0.25) is 0 Å². The Kier molecular flexibility index (Phi) is 6.27. The van der Waals surface area contributed by atoms with E-state index in [1.54, 1.807) is 0 Å². The zero-order valence-corrected chi connectivity index (χ0v) is 12.9. The summed E-state index contributed by atoms with van der Waals surface area (Å²) in [7, 11) is 0. The van der Waals surface area contributed by atoms with Gasteiger partial charge in [0.25, 0.3) is 0 Å². The molecule has 1 aliphatic carbocycles. The van der Waals surface area contributed by atoms with Crippen LogP contribution in [0.25, 0.3) is 0 Å². The van der Waals surface area contributed by atoms with Crippen molar-refractivity contribution < 1.29 is 9.90 Å². The van der Waals surface area contributed by atoms with Gasteiger partial charge in [0.05, 0.1) is 0 Å². The van der Waals surface area contributed by atoms with Crippen LogP contribution in [0.1, 0.15) is 47.0 Å². The molecule has 1 aliphatic rings. The van der Waals surface area contributed by atoms with Gasteiger partial charge < -0.3 is 15.3 Å². The van der Waals surface area contributed by atoms with Crippen molar-refractivity contribution in [2.75, 3.05) is 26.2 Å². The van der Waals surface area contributed by atoms with Crippen molar-refractivity contribution in [1.82, 2.24) is 10.2 Å². The number of aliphatic carboxylic acids is 1. The van der Waals surface area contributed by atoms with E-state index < -0.39 is 11.5 Å². The van der Waals surface area contributed by atoms with E-state index in [9.17, 15) is 9.90 Å². The second-order valence-electron chi connectivity index (χ2n) is 6.20. The standard InChI is InChI=1S/C15H30N2O2/c1-5-17(6-2)8-7-16-15(14(18)19)10-12(3)9-13(4)11-15/h12-13,16H,5-11H2,1-4H3,(H,18,19). The normalized spacial score (nSPS) is 31.6. The third-order valence-electron chi connectivity index (χ3n) is 4.39. The van der Waals surface area contributed by atoms with E-state index in [0.717, 1.165) is 45.4 Å². The Morgan fingerprint density at radius 2 is 1.79 bits per heavy atom. The summed E-state index contributed by atoms with van der Waals surface area (Å²) in [5.41, 5.74) is -0.704. The maximum atomic E-state index is 11.7. The molecular formula is C15H30N2O2. The van der Waals surface area contributed by atoms with Crippen LogP contribution in [-0.2, 0) is 4.79 Å². The molecule has 4 heteroatoms. The van der Waals surface area contributed by atoms with Gasteiger partial charge in [-0.1, -0.05) is 27.7 Å². The third kappa shape index (κ3) is 4.46. The van der Waals surface area contributed by atoms with Crippen molar-refractivity contribution in [3.8, 4) is 0 Å². The molecular weight excluding hydrogens is 240 g/mol.